The maximum Gasteiger partial charge on any atom is 0.338 e. The number of likely N-dealkylation sites (tertiary alicyclic amines) is 1. The Morgan fingerprint density at radius 3 is 2.55 bits per heavy atom. The van der Waals surface area contributed by atoms with Crippen molar-refractivity contribution in [1.29, 1.82) is 0 Å². The molecule has 1 atom stereocenters. The van der Waals surface area contributed by atoms with Crippen LogP contribution in [0.5, 0.6) is 0 Å². The van der Waals surface area contributed by atoms with E-state index in [0.29, 0.717) is 24.7 Å². The van der Waals surface area contributed by atoms with Crippen molar-refractivity contribution < 1.29 is 22.7 Å². The van der Waals surface area contributed by atoms with E-state index < -0.39 is 16.0 Å². The fourth-order valence-corrected chi connectivity index (χ4v) is 4.79. The van der Waals surface area contributed by atoms with Crippen LogP contribution in [-0.2, 0) is 19.6 Å². The third-order valence-electron chi connectivity index (χ3n) is 5.46. The van der Waals surface area contributed by atoms with Gasteiger partial charge in [0.2, 0.25) is 0 Å². The Bertz CT molecular complexity index is 1050. The van der Waals surface area contributed by atoms with Gasteiger partial charge >= 0.3 is 5.97 Å². The predicted molar refractivity (Wildman–Crippen MR) is 118 cm³/mol. The Labute approximate surface area is 183 Å². The molecule has 166 valence electrons. The van der Waals surface area contributed by atoms with Gasteiger partial charge in [0.05, 0.1) is 16.1 Å². The van der Waals surface area contributed by atoms with Crippen LogP contribution in [0.3, 0.4) is 0 Å². The molecule has 0 aromatic heterocycles. The molecule has 0 bridgehead atoms. The molecule has 1 heterocycles. The molecule has 1 amide bonds. The monoisotopic (exact) mass is 444 g/mol. The summed E-state index contributed by atoms with van der Waals surface area (Å²) in [6.45, 7) is 4.98. The smallest absolute Gasteiger partial charge is 0.338 e. The van der Waals surface area contributed by atoms with Crippen molar-refractivity contribution in [3.63, 3.8) is 0 Å². The second-order valence-corrected chi connectivity index (χ2v) is 9.97. The lowest BCUT2D eigenvalue weighted by molar-refractivity contribution is -0.136. The van der Waals surface area contributed by atoms with E-state index in [4.69, 9.17) is 4.74 Å². The molecular formula is C23H28N2O5S. The van der Waals surface area contributed by atoms with Crippen molar-refractivity contribution in [1.82, 2.24) is 4.90 Å². The van der Waals surface area contributed by atoms with Crippen molar-refractivity contribution in [2.45, 2.75) is 31.6 Å². The molecular weight excluding hydrogens is 416 g/mol. The second-order valence-electron chi connectivity index (χ2n) is 8.00. The van der Waals surface area contributed by atoms with Crippen LogP contribution in [0.15, 0.2) is 53.4 Å². The largest absolute Gasteiger partial charge is 0.452 e. The average Bonchev–Trinajstić information content (AvgIpc) is 2.77. The van der Waals surface area contributed by atoms with Crippen LogP contribution in [-0.4, -0.2) is 51.9 Å². The van der Waals surface area contributed by atoms with Crippen LogP contribution >= 0.6 is 0 Å². The normalized spacial score (nSPS) is 16.6. The Kier molecular flexibility index (Phi) is 7.00. The quantitative estimate of drug-likeness (QED) is 0.639. The molecule has 1 saturated heterocycles. The molecule has 0 aliphatic carbocycles. The summed E-state index contributed by atoms with van der Waals surface area (Å²) in [5.41, 5.74) is 1.62. The summed E-state index contributed by atoms with van der Waals surface area (Å²) in [6, 6.07) is 12.8. The summed E-state index contributed by atoms with van der Waals surface area (Å²) >= 11 is 0. The van der Waals surface area contributed by atoms with Crippen LogP contribution < -0.4 is 4.31 Å². The van der Waals surface area contributed by atoms with Crippen molar-refractivity contribution in [3.8, 4) is 0 Å². The van der Waals surface area contributed by atoms with E-state index >= 15 is 0 Å². The number of carbonyl (C=O) groups excluding carboxylic acids is 2. The fraction of sp³-hybridized carbons (Fsp3) is 0.391. The molecule has 0 N–H and O–H groups in total. The number of ether oxygens (including phenoxy) is 1. The highest BCUT2D eigenvalue weighted by Crippen LogP contribution is 2.23. The summed E-state index contributed by atoms with van der Waals surface area (Å²) < 4.78 is 32.3. The first-order chi connectivity index (χ1) is 14.7. The molecule has 8 heteroatoms. The van der Waals surface area contributed by atoms with Crippen LogP contribution in [0.25, 0.3) is 0 Å². The topological polar surface area (TPSA) is 84.0 Å². The molecule has 0 saturated carbocycles. The average molecular weight is 445 g/mol. The minimum absolute atomic E-state index is 0.0267. The number of benzene rings is 2. The second kappa shape index (κ2) is 9.51. The standard InChI is InChI=1S/C23H28N2O5S/c1-17-9-11-20(12-10-17)24(3)31(28,29)21-8-4-7-19(14-21)23(27)30-16-22(26)25-13-5-6-18(2)15-25/h4,7-12,14,18H,5-6,13,15-16H2,1-3H3/t18-/m0/s1. The van der Waals surface area contributed by atoms with Gasteiger partial charge in [0, 0.05) is 20.1 Å². The summed E-state index contributed by atoms with van der Waals surface area (Å²) in [5, 5.41) is 0. The summed E-state index contributed by atoms with van der Waals surface area (Å²) in [7, 11) is -2.40. The van der Waals surface area contributed by atoms with E-state index in [9.17, 15) is 18.0 Å². The third-order valence-corrected chi connectivity index (χ3v) is 7.24. The van der Waals surface area contributed by atoms with E-state index in [1.54, 1.807) is 17.0 Å². The zero-order chi connectivity index (χ0) is 22.6. The number of sulfonamides is 1. The molecule has 0 spiro atoms. The van der Waals surface area contributed by atoms with Gasteiger partial charge in [-0.05, 0) is 56.0 Å². The van der Waals surface area contributed by atoms with Gasteiger partial charge < -0.3 is 9.64 Å². The van der Waals surface area contributed by atoms with Crippen LogP contribution in [0.4, 0.5) is 5.69 Å². The number of aryl methyl sites for hydroxylation is 1. The number of piperidine rings is 1. The van der Waals surface area contributed by atoms with Gasteiger partial charge in [-0.3, -0.25) is 9.10 Å². The molecule has 1 fully saturated rings. The van der Waals surface area contributed by atoms with Gasteiger partial charge in [0.1, 0.15) is 0 Å². The lowest BCUT2D eigenvalue weighted by atomic mass is 10.0. The predicted octanol–water partition coefficient (Wildman–Crippen LogP) is 3.24. The first-order valence-electron chi connectivity index (χ1n) is 10.3. The third kappa shape index (κ3) is 5.44. The molecule has 7 nitrogen and oxygen atoms in total. The molecule has 3 rings (SSSR count). The van der Waals surface area contributed by atoms with E-state index in [-0.39, 0.29) is 23.0 Å². The van der Waals surface area contributed by atoms with Crippen LogP contribution in [0.2, 0.25) is 0 Å². The maximum atomic E-state index is 13.0. The molecule has 2 aromatic rings. The Hall–Kier alpha value is -2.87. The van der Waals surface area contributed by atoms with Crippen LogP contribution in [0.1, 0.15) is 35.7 Å². The van der Waals surface area contributed by atoms with Crippen molar-refractivity contribution >= 4 is 27.6 Å². The van der Waals surface area contributed by atoms with E-state index in [2.05, 4.69) is 6.92 Å². The fourth-order valence-electron chi connectivity index (χ4n) is 3.55. The zero-order valence-corrected chi connectivity index (χ0v) is 18.9. The minimum atomic E-state index is -3.87. The summed E-state index contributed by atoms with van der Waals surface area (Å²) in [6.07, 6.45) is 2.02. The van der Waals surface area contributed by atoms with Gasteiger partial charge in [-0.15, -0.1) is 0 Å². The summed E-state index contributed by atoms with van der Waals surface area (Å²) in [5.74, 6) is -0.531. The van der Waals surface area contributed by atoms with Crippen molar-refractivity contribution in [2.75, 3.05) is 31.0 Å². The number of rotatable bonds is 6. The molecule has 2 aromatic carbocycles. The van der Waals surface area contributed by atoms with E-state index in [0.717, 1.165) is 22.7 Å². The van der Waals surface area contributed by atoms with E-state index in [1.165, 1.54) is 31.3 Å². The van der Waals surface area contributed by atoms with Gasteiger partial charge in [0.15, 0.2) is 6.61 Å². The first-order valence-corrected chi connectivity index (χ1v) is 11.7. The molecule has 0 unspecified atom stereocenters. The lowest BCUT2D eigenvalue weighted by Crippen LogP contribution is -2.41. The number of amides is 1. The van der Waals surface area contributed by atoms with Crippen molar-refractivity contribution in [2.24, 2.45) is 5.92 Å². The number of hydrogen-bond donors (Lipinski definition) is 0. The molecule has 1 aliphatic heterocycles. The van der Waals surface area contributed by atoms with Gasteiger partial charge in [-0.1, -0.05) is 30.7 Å². The van der Waals surface area contributed by atoms with Crippen molar-refractivity contribution in [3.05, 3.63) is 59.7 Å². The Morgan fingerprint density at radius 1 is 1.16 bits per heavy atom. The highest BCUT2D eigenvalue weighted by atomic mass is 32.2. The lowest BCUT2D eigenvalue weighted by Gasteiger charge is -2.30. The van der Waals surface area contributed by atoms with Gasteiger partial charge in [0.25, 0.3) is 15.9 Å². The number of hydrogen-bond acceptors (Lipinski definition) is 5. The highest BCUT2D eigenvalue weighted by molar-refractivity contribution is 7.92. The maximum absolute atomic E-state index is 13.0. The zero-order valence-electron chi connectivity index (χ0n) is 18.1. The minimum Gasteiger partial charge on any atom is -0.452 e. The number of anilines is 1. The first kappa shape index (κ1) is 22.8. The molecule has 1 aliphatic rings. The Morgan fingerprint density at radius 2 is 1.87 bits per heavy atom. The highest BCUT2D eigenvalue weighted by Gasteiger charge is 2.24. The SMILES string of the molecule is Cc1ccc(N(C)S(=O)(=O)c2cccc(C(=O)OCC(=O)N3CCC[C@H](C)C3)c2)cc1. The van der Waals surface area contributed by atoms with E-state index in [1.807, 2.05) is 19.1 Å². The Balaban J connectivity index is 1.69. The molecule has 0 radical (unpaired) electrons. The number of esters is 1. The van der Waals surface area contributed by atoms with Gasteiger partial charge in [-0.2, -0.15) is 0 Å². The van der Waals surface area contributed by atoms with Crippen LogP contribution in [0, 0.1) is 12.8 Å². The molecule has 31 heavy (non-hydrogen) atoms. The number of carbonyl (C=O) groups is 2. The summed E-state index contributed by atoms with van der Waals surface area (Å²) in [4.78, 5) is 26.5. The number of nitrogens with zero attached hydrogens (tertiary/aromatic N) is 2. The van der Waals surface area contributed by atoms with Gasteiger partial charge in [-0.25, -0.2) is 13.2 Å².